The number of hydrogen-bond acceptors (Lipinski definition) is 1. The van der Waals surface area contributed by atoms with E-state index in [0.717, 1.165) is 11.8 Å². The van der Waals surface area contributed by atoms with Gasteiger partial charge < -0.3 is 5.32 Å². The molecule has 1 fully saturated rings. The molecule has 1 nitrogen and oxygen atoms in total. The van der Waals surface area contributed by atoms with Gasteiger partial charge in [0.25, 0.3) is 0 Å². The lowest BCUT2D eigenvalue weighted by Crippen LogP contribution is -2.33. The van der Waals surface area contributed by atoms with Crippen molar-refractivity contribution in [3.8, 4) is 0 Å². The first kappa shape index (κ1) is 11.3. The molecule has 1 heterocycles. The van der Waals surface area contributed by atoms with Crippen LogP contribution in [0.5, 0.6) is 0 Å². The van der Waals surface area contributed by atoms with Crippen LogP contribution in [0.15, 0.2) is 18.2 Å². The second kappa shape index (κ2) is 4.81. The monoisotopic (exact) mass is 229 g/mol. The van der Waals surface area contributed by atoms with E-state index in [-0.39, 0.29) is 0 Å². The zero-order chi connectivity index (χ0) is 11.7. The summed E-state index contributed by atoms with van der Waals surface area (Å²) in [6.07, 6.45) is 6.69. The lowest BCUT2D eigenvalue weighted by atomic mass is 9.80. The zero-order valence-electron chi connectivity index (χ0n) is 10.8. The molecule has 2 aliphatic rings. The number of hydrogen-bond donors (Lipinski definition) is 1. The molecular weight excluding hydrogens is 206 g/mol. The molecule has 1 heteroatoms. The van der Waals surface area contributed by atoms with Crippen LogP contribution >= 0.6 is 0 Å². The second-order valence-corrected chi connectivity index (χ2v) is 5.81. The summed E-state index contributed by atoms with van der Waals surface area (Å²) in [4.78, 5) is 0. The van der Waals surface area contributed by atoms with Gasteiger partial charge in [-0.1, -0.05) is 25.1 Å². The fourth-order valence-electron chi connectivity index (χ4n) is 3.49. The Morgan fingerprint density at radius 3 is 2.76 bits per heavy atom. The van der Waals surface area contributed by atoms with Crippen LogP contribution in [0.25, 0.3) is 0 Å². The normalized spacial score (nSPS) is 28.8. The quantitative estimate of drug-likeness (QED) is 0.779. The maximum absolute atomic E-state index is 3.50. The first-order valence-corrected chi connectivity index (χ1v) is 7.17. The number of nitrogens with one attached hydrogen (secondary N) is 1. The topological polar surface area (TPSA) is 12.0 Å². The predicted molar refractivity (Wildman–Crippen MR) is 72.5 cm³/mol. The largest absolute Gasteiger partial charge is 0.316 e. The Hall–Kier alpha value is -0.820. The SMILES string of the molecule is CC1CNCCC1c1ccc2c(c1)CCCC2. The molecule has 1 N–H and O–H groups in total. The molecule has 0 radical (unpaired) electrons. The summed E-state index contributed by atoms with van der Waals surface area (Å²) >= 11 is 0. The molecule has 1 aliphatic heterocycles. The molecule has 92 valence electrons. The highest BCUT2D eigenvalue weighted by Gasteiger charge is 2.23. The van der Waals surface area contributed by atoms with Gasteiger partial charge in [0, 0.05) is 0 Å². The number of benzene rings is 1. The molecule has 0 saturated carbocycles. The summed E-state index contributed by atoms with van der Waals surface area (Å²) in [6, 6.07) is 7.32. The average molecular weight is 229 g/mol. The first-order valence-electron chi connectivity index (χ1n) is 7.17. The van der Waals surface area contributed by atoms with Gasteiger partial charge >= 0.3 is 0 Å². The maximum atomic E-state index is 3.50. The summed E-state index contributed by atoms with van der Waals surface area (Å²) in [6.45, 7) is 4.75. The van der Waals surface area contributed by atoms with Crippen molar-refractivity contribution in [2.45, 2.75) is 44.9 Å². The van der Waals surface area contributed by atoms with Crippen LogP contribution in [0.3, 0.4) is 0 Å². The Balaban J connectivity index is 1.87. The number of piperidine rings is 1. The standard InChI is InChI=1S/C16H23N/c1-12-11-17-9-8-16(12)15-7-6-13-4-2-3-5-14(13)10-15/h6-7,10,12,16-17H,2-5,8-9,11H2,1H3. The third kappa shape index (κ3) is 2.26. The van der Waals surface area contributed by atoms with Crippen molar-refractivity contribution in [3.05, 3.63) is 34.9 Å². The van der Waals surface area contributed by atoms with Crippen molar-refractivity contribution in [2.75, 3.05) is 13.1 Å². The van der Waals surface area contributed by atoms with E-state index in [1.807, 2.05) is 0 Å². The minimum atomic E-state index is 0.781. The van der Waals surface area contributed by atoms with E-state index in [4.69, 9.17) is 0 Å². The third-order valence-electron chi connectivity index (χ3n) is 4.59. The molecule has 0 aromatic heterocycles. The lowest BCUT2D eigenvalue weighted by molar-refractivity contribution is 0.349. The van der Waals surface area contributed by atoms with Gasteiger partial charge in [-0.2, -0.15) is 0 Å². The van der Waals surface area contributed by atoms with Gasteiger partial charge in [-0.3, -0.25) is 0 Å². The molecule has 2 atom stereocenters. The van der Waals surface area contributed by atoms with Gasteiger partial charge in [-0.05, 0) is 73.7 Å². The van der Waals surface area contributed by atoms with Gasteiger partial charge in [0.15, 0.2) is 0 Å². The van der Waals surface area contributed by atoms with Crippen molar-refractivity contribution < 1.29 is 0 Å². The Morgan fingerprint density at radius 1 is 1.12 bits per heavy atom. The zero-order valence-corrected chi connectivity index (χ0v) is 10.8. The van der Waals surface area contributed by atoms with Crippen molar-refractivity contribution in [1.29, 1.82) is 0 Å². The van der Waals surface area contributed by atoms with Crippen molar-refractivity contribution in [3.63, 3.8) is 0 Å². The maximum Gasteiger partial charge on any atom is -0.00173 e. The first-order chi connectivity index (χ1) is 8.34. The highest BCUT2D eigenvalue weighted by Crippen LogP contribution is 2.32. The van der Waals surface area contributed by atoms with Crippen LogP contribution in [-0.4, -0.2) is 13.1 Å². The summed E-state index contributed by atoms with van der Waals surface area (Å²) in [5.41, 5.74) is 4.85. The van der Waals surface area contributed by atoms with E-state index in [0.29, 0.717) is 0 Å². The Morgan fingerprint density at radius 2 is 1.94 bits per heavy atom. The molecular formula is C16H23N. The van der Waals surface area contributed by atoms with Crippen LogP contribution in [-0.2, 0) is 12.8 Å². The lowest BCUT2D eigenvalue weighted by Gasteiger charge is -2.31. The number of rotatable bonds is 1. The molecule has 0 bridgehead atoms. The Bertz CT molecular complexity index is 397. The van der Waals surface area contributed by atoms with E-state index < -0.39 is 0 Å². The molecule has 0 spiro atoms. The van der Waals surface area contributed by atoms with Crippen LogP contribution in [0, 0.1) is 5.92 Å². The molecule has 2 unspecified atom stereocenters. The van der Waals surface area contributed by atoms with Gasteiger partial charge in [0.2, 0.25) is 0 Å². The minimum absolute atomic E-state index is 0.781. The van der Waals surface area contributed by atoms with E-state index in [9.17, 15) is 0 Å². The number of aryl methyl sites for hydroxylation is 2. The van der Waals surface area contributed by atoms with E-state index >= 15 is 0 Å². The van der Waals surface area contributed by atoms with Gasteiger partial charge in [-0.25, -0.2) is 0 Å². The Kier molecular flexibility index (Phi) is 3.19. The van der Waals surface area contributed by atoms with Crippen LogP contribution in [0.4, 0.5) is 0 Å². The van der Waals surface area contributed by atoms with Crippen molar-refractivity contribution in [2.24, 2.45) is 5.92 Å². The summed E-state index contributed by atoms with van der Waals surface area (Å²) in [5, 5.41) is 3.50. The van der Waals surface area contributed by atoms with Crippen molar-refractivity contribution in [1.82, 2.24) is 5.32 Å². The molecule has 3 rings (SSSR count). The molecule has 1 aliphatic carbocycles. The minimum Gasteiger partial charge on any atom is -0.316 e. The van der Waals surface area contributed by atoms with Gasteiger partial charge in [-0.15, -0.1) is 0 Å². The highest BCUT2D eigenvalue weighted by atomic mass is 14.9. The summed E-state index contributed by atoms with van der Waals surface area (Å²) < 4.78 is 0. The average Bonchev–Trinajstić information content (AvgIpc) is 2.39. The predicted octanol–water partition coefficient (Wildman–Crippen LogP) is 3.28. The van der Waals surface area contributed by atoms with E-state index in [1.54, 1.807) is 16.7 Å². The fraction of sp³-hybridized carbons (Fsp3) is 0.625. The number of fused-ring (bicyclic) bond motifs is 1. The molecule has 17 heavy (non-hydrogen) atoms. The van der Waals surface area contributed by atoms with Crippen LogP contribution in [0.2, 0.25) is 0 Å². The van der Waals surface area contributed by atoms with Gasteiger partial charge in [0.1, 0.15) is 0 Å². The van der Waals surface area contributed by atoms with Crippen LogP contribution < -0.4 is 5.32 Å². The van der Waals surface area contributed by atoms with E-state index in [1.165, 1.54) is 45.2 Å². The summed E-state index contributed by atoms with van der Waals surface area (Å²) in [5.74, 6) is 1.56. The second-order valence-electron chi connectivity index (χ2n) is 5.81. The fourth-order valence-corrected chi connectivity index (χ4v) is 3.49. The highest BCUT2D eigenvalue weighted by molar-refractivity contribution is 5.35. The smallest absolute Gasteiger partial charge is 0.00173 e. The molecule has 0 amide bonds. The Labute approximate surface area is 105 Å². The molecule has 1 aromatic rings. The summed E-state index contributed by atoms with van der Waals surface area (Å²) in [7, 11) is 0. The van der Waals surface area contributed by atoms with Crippen molar-refractivity contribution >= 4 is 0 Å². The van der Waals surface area contributed by atoms with Crippen LogP contribution in [0.1, 0.15) is 48.8 Å². The van der Waals surface area contributed by atoms with Gasteiger partial charge in [0.05, 0.1) is 0 Å². The molecule has 1 aromatic carbocycles. The van der Waals surface area contributed by atoms with E-state index in [2.05, 4.69) is 30.4 Å². The molecule has 1 saturated heterocycles. The third-order valence-corrected chi connectivity index (χ3v) is 4.59.